The first-order valence-electron chi connectivity index (χ1n) is 3.90. The van der Waals surface area contributed by atoms with E-state index in [9.17, 15) is 23.3 Å². The molecule has 1 aromatic rings. The molecule has 0 aliphatic carbocycles. The van der Waals surface area contributed by atoms with Crippen molar-refractivity contribution in [2.45, 2.75) is 12.2 Å². The molecule has 0 aliphatic heterocycles. The van der Waals surface area contributed by atoms with Gasteiger partial charge in [0.05, 0.1) is 16.5 Å². The molecule has 0 radical (unpaired) electrons. The maximum Gasteiger partial charge on any atom is 0.574 e. The van der Waals surface area contributed by atoms with Crippen LogP contribution in [0.25, 0.3) is 0 Å². The first-order chi connectivity index (χ1) is 7.74. The zero-order valence-corrected chi connectivity index (χ0v) is 10.7. The lowest BCUT2D eigenvalue weighted by molar-refractivity contribution is -0.386. The van der Waals surface area contributed by atoms with Crippen LogP contribution in [0.15, 0.2) is 6.07 Å². The summed E-state index contributed by atoms with van der Waals surface area (Å²) in [6.45, 7) is 0. The highest BCUT2D eigenvalue weighted by Crippen LogP contribution is 2.32. The number of pyridine rings is 1. The predicted octanol–water partition coefficient (Wildman–Crippen LogP) is 3.23. The molecule has 0 saturated heterocycles. The number of halogens is 5. The number of nitro groups is 1. The summed E-state index contributed by atoms with van der Waals surface area (Å²) in [5.41, 5.74) is -0.603. The Morgan fingerprint density at radius 1 is 1.59 bits per heavy atom. The van der Waals surface area contributed by atoms with Gasteiger partial charge in [0.15, 0.2) is 3.57 Å². The van der Waals surface area contributed by atoms with Crippen LogP contribution in [-0.4, -0.2) is 16.3 Å². The molecule has 0 aromatic carbocycles. The Hall–Kier alpha value is -0.840. The minimum atomic E-state index is -4.97. The number of alkyl halides is 4. The minimum Gasteiger partial charge on any atom is -0.386 e. The van der Waals surface area contributed by atoms with Gasteiger partial charge in [-0.15, -0.1) is 24.8 Å². The third-order valence-corrected chi connectivity index (χ3v) is 2.80. The third kappa shape index (κ3) is 3.84. The normalized spacial score (nSPS) is 11.4. The Labute approximate surface area is 111 Å². The van der Waals surface area contributed by atoms with Crippen molar-refractivity contribution < 1.29 is 22.8 Å². The fourth-order valence-electron chi connectivity index (χ4n) is 0.921. The highest BCUT2D eigenvalue weighted by Gasteiger charge is 2.34. The van der Waals surface area contributed by atoms with Gasteiger partial charge in [0.1, 0.15) is 0 Å². The van der Waals surface area contributed by atoms with E-state index >= 15 is 0 Å². The van der Waals surface area contributed by atoms with Crippen molar-refractivity contribution in [3.05, 3.63) is 25.4 Å². The number of aromatic nitrogens is 1. The average molecular weight is 382 g/mol. The Bertz CT molecular complexity index is 455. The van der Waals surface area contributed by atoms with Gasteiger partial charge in [-0.2, -0.15) is 0 Å². The highest BCUT2D eigenvalue weighted by atomic mass is 127. The molecule has 0 N–H and O–H groups in total. The lowest BCUT2D eigenvalue weighted by atomic mass is 10.3. The first-order valence-corrected chi connectivity index (χ1v) is 5.51. The van der Waals surface area contributed by atoms with Gasteiger partial charge in [0.25, 0.3) is 5.69 Å². The van der Waals surface area contributed by atoms with Crippen molar-refractivity contribution in [3.8, 4) is 5.88 Å². The van der Waals surface area contributed by atoms with Gasteiger partial charge in [0.2, 0.25) is 5.88 Å². The van der Waals surface area contributed by atoms with Crippen LogP contribution >= 0.6 is 34.2 Å². The summed E-state index contributed by atoms with van der Waals surface area (Å²) in [5, 5.41) is 10.6. The fraction of sp³-hybridized carbons (Fsp3) is 0.286. The van der Waals surface area contributed by atoms with E-state index in [0.29, 0.717) is 0 Å². The van der Waals surface area contributed by atoms with E-state index in [1.54, 1.807) is 0 Å². The lowest BCUT2D eigenvalue weighted by Crippen LogP contribution is -2.19. The van der Waals surface area contributed by atoms with E-state index < -0.39 is 22.9 Å². The Morgan fingerprint density at radius 3 is 2.59 bits per heavy atom. The van der Waals surface area contributed by atoms with E-state index in [4.69, 9.17) is 11.6 Å². The highest BCUT2D eigenvalue weighted by molar-refractivity contribution is 14.1. The molecule has 0 saturated carbocycles. The SMILES string of the molecule is O=[N+]([O-])c1cc(CCl)nc(OC(F)(F)F)c1I. The molecule has 0 unspecified atom stereocenters. The van der Waals surface area contributed by atoms with Crippen molar-refractivity contribution in [1.82, 2.24) is 4.98 Å². The molecule has 1 aromatic heterocycles. The van der Waals surface area contributed by atoms with Crippen LogP contribution in [0.2, 0.25) is 0 Å². The standard InChI is InChI=1S/C7H3ClF3IN2O3/c8-2-3-1-4(14(15)16)5(12)6(13-3)17-7(9,10)11/h1H,2H2. The monoisotopic (exact) mass is 382 g/mol. The summed E-state index contributed by atoms with van der Waals surface area (Å²) in [7, 11) is 0. The van der Waals surface area contributed by atoms with E-state index in [1.165, 1.54) is 22.6 Å². The first kappa shape index (κ1) is 14.2. The molecule has 10 heteroatoms. The summed E-state index contributed by atoms with van der Waals surface area (Å²) in [6, 6.07) is 0.998. The van der Waals surface area contributed by atoms with Gasteiger partial charge in [-0.05, 0) is 22.6 Å². The predicted molar refractivity (Wildman–Crippen MR) is 59.8 cm³/mol. The molecule has 0 atom stereocenters. The van der Waals surface area contributed by atoms with Crippen LogP contribution in [0.5, 0.6) is 5.88 Å². The van der Waals surface area contributed by atoms with E-state index in [2.05, 4.69) is 9.72 Å². The van der Waals surface area contributed by atoms with Crippen LogP contribution in [0.4, 0.5) is 18.9 Å². The van der Waals surface area contributed by atoms with Crippen LogP contribution in [0, 0.1) is 13.7 Å². The quantitative estimate of drug-likeness (QED) is 0.348. The molecular weight excluding hydrogens is 379 g/mol. The maximum absolute atomic E-state index is 12.0. The van der Waals surface area contributed by atoms with Gasteiger partial charge in [0, 0.05) is 6.07 Å². The van der Waals surface area contributed by atoms with Crippen LogP contribution in [0.1, 0.15) is 5.69 Å². The van der Waals surface area contributed by atoms with Crippen molar-refractivity contribution in [2.75, 3.05) is 0 Å². The minimum absolute atomic E-state index is 0.0713. The summed E-state index contributed by atoms with van der Waals surface area (Å²) in [5.74, 6) is -1.13. The number of rotatable bonds is 3. The second kappa shape index (κ2) is 5.21. The second-order valence-corrected chi connectivity index (χ2v) is 4.04. The van der Waals surface area contributed by atoms with E-state index in [1.807, 2.05) is 0 Å². The molecule has 0 aliphatic rings. The fourth-order valence-corrected chi connectivity index (χ4v) is 1.64. The molecule has 0 spiro atoms. The van der Waals surface area contributed by atoms with E-state index in [-0.39, 0.29) is 15.1 Å². The van der Waals surface area contributed by atoms with E-state index in [0.717, 1.165) is 6.07 Å². The average Bonchev–Trinajstić information content (AvgIpc) is 2.18. The van der Waals surface area contributed by atoms with Gasteiger partial charge in [-0.3, -0.25) is 10.1 Å². The van der Waals surface area contributed by atoms with Crippen molar-refractivity contribution in [3.63, 3.8) is 0 Å². The zero-order chi connectivity index (χ0) is 13.2. The largest absolute Gasteiger partial charge is 0.574 e. The number of hydrogen-bond donors (Lipinski definition) is 0. The smallest absolute Gasteiger partial charge is 0.386 e. The summed E-state index contributed by atoms with van der Waals surface area (Å²) < 4.78 is 39.3. The van der Waals surface area contributed by atoms with Gasteiger partial charge in [-0.1, -0.05) is 0 Å². The van der Waals surface area contributed by atoms with Crippen molar-refractivity contribution in [1.29, 1.82) is 0 Å². The van der Waals surface area contributed by atoms with Crippen LogP contribution < -0.4 is 4.74 Å². The zero-order valence-electron chi connectivity index (χ0n) is 7.79. The Balaban J connectivity index is 3.29. The maximum atomic E-state index is 12.0. The Morgan fingerprint density at radius 2 is 2.18 bits per heavy atom. The van der Waals surface area contributed by atoms with Crippen LogP contribution in [-0.2, 0) is 5.88 Å². The number of nitrogens with zero attached hydrogens (tertiary/aromatic N) is 2. The van der Waals surface area contributed by atoms with Crippen molar-refractivity contribution in [2.24, 2.45) is 0 Å². The second-order valence-electron chi connectivity index (χ2n) is 2.69. The third-order valence-electron chi connectivity index (χ3n) is 1.51. The molecule has 0 amide bonds. The van der Waals surface area contributed by atoms with Crippen LogP contribution in [0.3, 0.4) is 0 Å². The molecule has 17 heavy (non-hydrogen) atoms. The van der Waals surface area contributed by atoms with Gasteiger partial charge in [-0.25, -0.2) is 4.98 Å². The van der Waals surface area contributed by atoms with Gasteiger partial charge < -0.3 is 4.74 Å². The molecule has 0 bridgehead atoms. The number of ether oxygens (including phenoxy) is 1. The lowest BCUT2D eigenvalue weighted by Gasteiger charge is -2.10. The summed E-state index contributed by atoms with van der Waals surface area (Å²) in [6.07, 6.45) is -4.97. The Kier molecular flexibility index (Phi) is 4.36. The molecule has 94 valence electrons. The molecule has 1 heterocycles. The number of hydrogen-bond acceptors (Lipinski definition) is 4. The molecular formula is C7H3ClF3IN2O3. The van der Waals surface area contributed by atoms with Crippen molar-refractivity contribution >= 4 is 39.9 Å². The summed E-state index contributed by atoms with van der Waals surface area (Å²) >= 11 is 6.73. The molecule has 5 nitrogen and oxygen atoms in total. The molecule has 1 rings (SSSR count). The summed E-state index contributed by atoms with van der Waals surface area (Å²) in [4.78, 5) is 13.2. The van der Waals surface area contributed by atoms with Gasteiger partial charge >= 0.3 is 6.36 Å². The topological polar surface area (TPSA) is 65.3 Å². The molecule has 0 fully saturated rings.